The summed E-state index contributed by atoms with van der Waals surface area (Å²) in [6.07, 6.45) is 5.22. The van der Waals surface area contributed by atoms with Crippen LogP contribution in [-0.2, 0) is 20.7 Å². The summed E-state index contributed by atoms with van der Waals surface area (Å²) in [5.74, 6) is 1.38. The maximum atomic E-state index is 12.4. The third kappa shape index (κ3) is 4.74. The van der Waals surface area contributed by atoms with Crippen LogP contribution in [0.1, 0.15) is 32.5 Å². The van der Waals surface area contributed by atoms with Gasteiger partial charge in [0.15, 0.2) is 11.6 Å². The van der Waals surface area contributed by atoms with E-state index in [1.807, 2.05) is 6.07 Å². The van der Waals surface area contributed by atoms with Crippen LogP contribution in [0.3, 0.4) is 0 Å². The number of amides is 1. The Morgan fingerprint density at radius 2 is 2.06 bits per heavy atom. The molecule has 0 unspecified atom stereocenters. The summed E-state index contributed by atoms with van der Waals surface area (Å²) in [7, 11) is 1.32. The van der Waals surface area contributed by atoms with Crippen LogP contribution < -0.4 is 0 Å². The van der Waals surface area contributed by atoms with Crippen molar-refractivity contribution in [1.82, 2.24) is 20.0 Å². The Balaban J connectivity index is 1.27. The summed E-state index contributed by atoms with van der Waals surface area (Å²) in [5.41, 5.74) is -0.168. The topological polar surface area (TPSA) is 121 Å². The molecule has 0 saturated carbocycles. The van der Waals surface area contributed by atoms with E-state index in [-0.39, 0.29) is 6.61 Å². The zero-order valence-electron chi connectivity index (χ0n) is 18.4. The molecule has 1 fully saturated rings. The van der Waals surface area contributed by atoms with Crippen molar-refractivity contribution in [2.45, 2.75) is 33.1 Å². The van der Waals surface area contributed by atoms with Gasteiger partial charge in [0.1, 0.15) is 12.2 Å². The fourth-order valence-corrected chi connectivity index (χ4v) is 3.67. The van der Waals surface area contributed by atoms with E-state index in [1.54, 1.807) is 37.2 Å². The lowest BCUT2D eigenvalue weighted by atomic mass is 9.93. The van der Waals surface area contributed by atoms with Crippen LogP contribution in [0.4, 0.5) is 4.79 Å². The quantitative estimate of drug-likeness (QED) is 0.528. The lowest BCUT2D eigenvalue weighted by Crippen LogP contribution is -2.41. The van der Waals surface area contributed by atoms with Crippen LogP contribution in [0.15, 0.2) is 33.5 Å². The first-order valence-electron chi connectivity index (χ1n) is 10.5. The van der Waals surface area contributed by atoms with Crippen molar-refractivity contribution < 1.29 is 28.0 Å². The van der Waals surface area contributed by atoms with Crippen molar-refractivity contribution in [3.63, 3.8) is 0 Å². The monoisotopic (exact) mass is 442 g/mol. The first-order valence-corrected chi connectivity index (χ1v) is 10.5. The highest BCUT2D eigenvalue weighted by molar-refractivity contribution is 5.80. The van der Waals surface area contributed by atoms with Gasteiger partial charge in [0.25, 0.3) is 5.89 Å². The van der Waals surface area contributed by atoms with Gasteiger partial charge < -0.3 is 23.3 Å². The molecule has 0 aliphatic carbocycles. The fraction of sp³-hybridized carbons (Fsp3) is 0.500. The number of hydrogen-bond donors (Lipinski definition) is 0. The number of carbonyl (C=O) groups excluding carboxylic acids is 2. The zero-order chi connectivity index (χ0) is 22.7. The summed E-state index contributed by atoms with van der Waals surface area (Å²) >= 11 is 0. The Labute approximate surface area is 184 Å². The van der Waals surface area contributed by atoms with Crippen LogP contribution in [0, 0.1) is 11.3 Å². The molecule has 4 rings (SSSR count). The number of furan rings is 1. The van der Waals surface area contributed by atoms with Crippen molar-refractivity contribution in [1.29, 1.82) is 0 Å². The average molecular weight is 442 g/mol. The maximum absolute atomic E-state index is 12.4. The number of ether oxygens (including phenoxy) is 2. The second-order valence-corrected chi connectivity index (χ2v) is 8.60. The molecule has 170 valence electrons. The predicted octanol–water partition coefficient (Wildman–Crippen LogP) is 3.47. The molecule has 1 saturated heterocycles. The van der Waals surface area contributed by atoms with Gasteiger partial charge in [-0.25, -0.2) is 4.79 Å². The molecule has 10 nitrogen and oxygen atoms in total. The smallest absolute Gasteiger partial charge is 0.409 e. The molecular formula is C22H26N4O6. The van der Waals surface area contributed by atoms with Gasteiger partial charge in [0.05, 0.1) is 12.5 Å². The van der Waals surface area contributed by atoms with Crippen molar-refractivity contribution in [2.24, 2.45) is 11.3 Å². The molecule has 3 aromatic heterocycles. The summed E-state index contributed by atoms with van der Waals surface area (Å²) < 4.78 is 21.2. The maximum Gasteiger partial charge on any atom is 0.409 e. The fourth-order valence-electron chi connectivity index (χ4n) is 3.67. The number of esters is 1. The predicted molar refractivity (Wildman–Crippen MR) is 112 cm³/mol. The Morgan fingerprint density at radius 3 is 2.78 bits per heavy atom. The van der Waals surface area contributed by atoms with Crippen LogP contribution in [0.25, 0.3) is 22.6 Å². The minimum atomic E-state index is -0.880. The third-order valence-corrected chi connectivity index (χ3v) is 5.63. The van der Waals surface area contributed by atoms with E-state index >= 15 is 0 Å². The standard InChI is InChI=1S/C22H26N4O6/c1-22(2,20(27)29-3)13-30-21(28)26-8-5-14(6-9-26)10-18-24-19(32-25-18)17-11-15-12-23-7-4-16(15)31-17/h4,7,11-12,14H,5-6,8-10,13H2,1-3H3. The van der Waals surface area contributed by atoms with E-state index in [1.165, 1.54) is 7.11 Å². The van der Waals surface area contributed by atoms with E-state index in [4.69, 9.17) is 18.4 Å². The molecule has 0 radical (unpaired) electrons. The van der Waals surface area contributed by atoms with Gasteiger partial charge >= 0.3 is 12.1 Å². The van der Waals surface area contributed by atoms with Gasteiger partial charge in [-0.15, -0.1) is 0 Å². The number of carbonyl (C=O) groups is 2. The molecule has 0 aromatic carbocycles. The molecule has 1 amide bonds. The highest BCUT2D eigenvalue weighted by atomic mass is 16.6. The third-order valence-electron chi connectivity index (χ3n) is 5.63. The molecular weight excluding hydrogens is 416 g/mol. The van der Waals surface area contributed by atoms with Crippen molar-refractivity contribution in [3.8, 4) is 11.7 Å². The lowest BCUT2D eigenvalue weighted by Gasteiger charge is -2.31. The summed E-state index contributed by atoms with van der Waals surface area (Å²) in [6, 6.07) is 3.61. The van der Waals surface area contributed by atoms with Crippen LogP contribution >= 0.6 is 0 Å². The van der Waals surface area contributed by atoms with Gasteiger partial charge in [-0.2, -0.15) is 4.98 Å². The molecule has 0 N–H and O–H groups in total. The molecule has 0 atom stereocenters. The molecule has 1 aliphatic heterocycles. The number of piperidine rings is 1. The van der Waals surface area contributed by atoms with Crippen LogP contribution in [0.5, 0.6) is 0 Å². The average Bonchev–Trinajstić information content (AvgIpc) is 3.44. The molecule has 3 aromatic rings. The summed E-state index contributed by atoms with van der Waals surface area (Å²) in [5, 5.41) is 4.95. The normalized spacial score (nSPS) is 15.2. The largest absolute Gasteiger partial charge is 0.469 e. The van der Waals surface area contributed by atoms with E-state index in [2.05, 4.69) is 15.1 Å². The van der Waals surface area contributed by atoms with Crippen LogP contribution in [-0.4, -0.2) is 58.9 Å². The SMILES string of the molecule is COC(=O)C(C)(C)COC(=O)N1CCC(Cc2noc(-c3cc4cnccc4o3)n2)CC1. The van der Waals surface area contributed by atoms with Gasteiger partial charge in [0, 0.05) is 37.3 Å². The lowest BCUT2D eigenvalue weighted by molar-refractivity contribution is -0.153. The first-order chi connectivity index (χ1) is 15.4. The van der Waals surface area contributed by atoms with Crippen molar-refractivity contribution in [3.05, 3.63) is 30.4 Å². The summed E-state index contributed by atoms with van der Waals surface area (Å²) in [6.45, 7) is 4.48. The Kier molecular flexibility index (Phi) is 6.11. The zero-order valence-corrected chi connectivity index (χ0v) is 18.4. The van der Waals surface area contributed by atoms with Crippen LogP contribution in [0.2, 0.25) is 0 Å². The van der Waals surface area contributed by atoms with Gasteiger partial charge in [0.2, 0.25) is 0 Å². The number of pyridine rings is 1. The highest BCUT2D eigenvalue weighted by Gasteiger charge is 2.32. The van der Waals surface area contributed by atoms with Crippen molar-refractivity contribution in [2.75, 3.05) is 26.8 Å². The number of nitrogens with zero attached hydrogens (tertiary/aromatic N) is 4. The number of rotatable bonds is 6. The first kappa shape index (κ1) is 21.8. The molecule has 4 heterocycles. The van der Waals surface area contributed by atoms with E-state index < -0.39 is 17.5 Å². The van der Waals surface area contributed by atoms with E-state index in [9.17, 15) is 9.59 Å². The molecule has 32 heavy (non-hydrogen) atoms. The van der Waals surface area contributed by atoms with E-state index in [0.717, 1.165) is 18.2 Å². The van der Waals surface area contributed by atoms with E-state index in [0.29, 0.717) is 48.5 Å². The Bertz CT molecular complexity index is 1060. The van der Waals surface area contributed by atoms with Gasteiger partial charge in [-0.3, -0.25) is 9.78 Å². The number of aromatic nitrogens is 3. The van der Waals surface area contributed by atoms with Crippen molar-refractivity contribution >= 4 is 23.0 Å². The highest BCUT2D eigenvalue weighted by Crippen LogP contribution is 2.27. The summed E-state index contributed by atoms with van der Waals surface area (Å²) in [4.78, 5) is 34.3. The molecule has 0 spiro atoms. The number of likely N-dealkylation sites (tertiary alicyclic amines) is 1. The molecule has 0 bridgehead atoms. The Morgan fingerprint density at radius 1 is 1.28 bits per heavy atom. The van der Waals surface area contributed by atoms with Gasteiger partial charge in [-0.1, -0.05) is 5.16 Å². The number of fused-ring (bicyclic) bond motifs is 1. The molecule has 1 aliphatic rings. The number of methoxy groups -OCH3 is 1. The molecule has 10 heteroatoms. The Hall–Kier alpha value is -3.43. The second kappa shape index (κ2) is 8.97. The second-order valence-electron chi connectivity index (χ2n) is 8.60. The number of hydrogen-bond acceptors (Lipinski definition) is 9. The minimum Gasteiger partial charge on any atom is -0.469 e. The minimum absolute atomic E-state index is 0.0259. The van der Waals surface area contributed by atoms with Gasteiger partial charge in [-0.05, 0) is 44.7 Å².